The van der Waals surface area contributed by atoms with Crippen LogP contribution in [-0.2, 0) is 6.42 Å². The van der Waals surface area contributed by atoms with E-state index in [-0.39, 0.29) is 11.5 Å². The van der Waals surface area contributed by atoms with Gasteiger partial charge in [0, 0.05) is 16.1 Å². The lowest BCUT2D eigenvalue weighted by Crippen LogP contribution is -2.47. The van der Waals surface area contributed by atoms with E-state index in [0.717, 1.165) is 22.0 Å². The Kier molecular flexibility index (Phi) is 4.54. The molecule has 0 saturated heterocycles. The van der Waals surface area contributed by atoms with Gasteiger partial charge < -0.3 is 0 Å². The average molecular weight is 287 g/mol. The van der Waals surface area contributed by atoms with Gasteiger partial charge in [-0.25, -0.2) is 0 Å². The maximum atomic E-state index is 6.22. The molecule has 1 aliphatic rings. The Labute approximate surface area is 119 Å². The van der Waals surface area contributed by atoms with Gasteiger partial charge in [0.05, 0.1) is 0 Å². The van der Waals surface area contributed by atoms with E-state index in [1.165, 1.54) is 25.7 Å². The highest BCUT2D eigenvalue weighted by Crippen LogP contribution is 2.41. The minimum Gasteiger partial charge on any atom is -0.271 e. The normalized spacial score (nSPS) is 20.0. The quantitative estimate of drug-likeness (QED) is 0.650. The lowest BCUT2D eigenvalue weighted by atomic mass is 9.78. The molecule has 1 aromatic carbocycles. The monoisotopic (exact) mass is 286 g/mol. The summed E-state index contributed by atoms with van der Waals surface area (Å²) in [7, 11) is 0. The van der Waals surface area contributed by atoms with E-state index in [9.17, 15) is 0 Å². The lowest BCUT2D eigenvalue weighted by molar-refractivity contribution is 0.221. The van der Waals surface area contributed by atoms with Gasteiger partial charge in [0.1, 0.15) is 0 Å². The first kappa shape index (κ1) is 14.1. The largest absolute Gasteiger partial charge is 0.271 e. The SMILES string of the molecule is CC1(C(Cc2cc(Cl)ccc2Cl)NN)CCCC1. The highest BCUT2D eigenvalue weighted by atomic mass is 35.5. The van der Waals surface area contributed by atoms with Crippen LogP contribution in [-0.4, -0.2) is 6.04 Å². The Morgan fingerprint density at radius 1 is 1.33 bits per heavy atom. The van der Waals surface area contributed by atoms with Crippen molar-refractivity contribution in [1.82, 2.24) is 5.43 Å². The van der Waals surface area contributed by atoms with Gasteiger partial charge in [-0.2, -0.15) is 0 Å². The molecular weight excluding hydrogens is 267 g/mol. The molecule has 1 saturated carbocycles. The fraction of sp³-hybridized carbons (Fsp3) is 0.571. The van der Waals surface area contributed by atoms with E-state index in [0.29, 0.717) is 0 Å². The maximum absolute atomic E-state index is 6.22. The first-order valence-electron chi connectivity index (χ1n) is 6.45. The van der Waals surface area contributed by atoms with E-state index < -0.39 is 0 Å². The average Bonchev–Trinajstić information content (AvgIpc) is 2.78. The topological polar surface area (TPSA) is 38.0 Å². The fourth-order valence-corrected chi connectivity index (χ4v) is 3.35. The van der Waals surface area contributed by atoms with Crippen LogP contribution < -0.4 is 11.3 Å². The smallest absolute Gasteiger partial charge is 0.0439 e. The van der Waals surface area contributed by atoms with Crippen molar-refractivity contribution < 1.29 is 0 Å². The third-order valence-electron chi connectivity index (χ3n) is 4.22. The van der Waals surface area contributed by atoms with Crippen LogP contribution in [0.4, 0.5) is 0 Å². The second kappa shape index (κ2) is 5.79. The molecule has 0 radical (unpaired) electrons. The number of nitrogens with two attached hydrogens (primary N) is 1. The Morgan fingerprint density at radius 2 is 2.00 bits per heavy atom. The number of hydrogen-bond acceptors (Lipinski definition) is 2. The third kappa shape index (κ3) is 3.00. The molecule has 0 heterocycles. The van der Waals surface area contributed by atoms with Crippen molar-refractivity contribution in [2.45, 2.75) is 45.1 Å². The molecule has 1 unspecified atom stereocenters. The molecule has 100 valence electrons. The molecule has 2 rings (SSSR count). The Morgan fingerprint density at radius 3 is 2.61 bits per heavy atom. The van der Waals surface area contributed by atoms with Crippen LogP contribution in [0, 0.1) is 5.41 Å². The van der Waals surface area contributed by atoms with Gasteiger partial charge >= 0.3 is 0 Å². The summed E-state index contributed by atoms with van der Waals surface area (Å²) in [4.78, 5) is 0. The van der Waals surface area contributed by atoms with Crippen LogP contribution in [0.1, 0.15) is 38.2 Å². The molecule has 0 bridgehead atoms. The summed E-state index contributed by atoms with van der Waals surface area (Å²) in [6.45, 7) is 2.31. The molecule has 0 aromatic heterocycles. The van der Waals surface area contributed by atoms with Crippen molar-refractivity contribution >= 4 is 23.2 Å². The zero-order valence-electron chi connectivity index (χ0n) is 10.7. The van der Waals surface area contributed by atoms with Crippen molar-refractivity contribution in [2.75, 3.05) is 0 Å². The van der Waals surface area contributed by atoms with Crippen LogP contribution in [0.2, 0.25) is 10.0 Å². The fourth-order valence-electron chi connectivity index (χ4n) is 2.96. The van der Waals surface area contributed by atoms with E-state index in [1.54, 1.807) is 0 Å². The second-order valence-electron chi connectivity index (χ2n) is 5.52. The van der Waals surface area contributed by atoms with Crippen LogP contribution >= 0.6 is 23.2 Å². The summed E-state index contributed by atoms with van der Waals surface area (Å²) in [6.07, 6.45) is 5.85. The van der Waals surface area contributed by atoms with E-state index in [1.807, 2.05) is 18.2 Å². The number of hydrogen-bond donors (Lipinski definition) is 2. The van der Waals surface area contributed by atoms with Crippen LogP contribution in [0.5, 0.6) is 0 Å². The van der Waals surface area contributed by atoms with E-state index in [2.05, 4.69) is 12.3 Å². The van der Waals surface area contributed by atoms with Crippen LogP contribution in [0.25, 0.3) is 0 Å². The predicted molar refractivity (Wildman–Crippen MR) is 77.9 cm³/mol. The molecular formula is C14H20Cl2N2. The molecule has 1 aliphatic carbocycles. The summed E-state index contributed by atoms with van der Waals surface area (Å²) < 4.78 is 0. The Hall–Kier alpha value is -0.280. The number of nitrogens with one attached hydrogen (secondary N) is 1. The van der Waals surface area contributed by atoms with Gasteiger partial charge in [0.25, 0.3) is 0 Å². The molecule has 1 atom stereocenters. The number of rotatable bonds is 4. The van der Waals surface area contributed by atoms with Crippen molar-refractivity contribution in [3.63, 3.8) is 0 Å². The molecule has 18 heavy (non-hydrogen) atoms. The molecule has 4 heteroatoms. The summed E-state index contributed by atoms with van der Waals surface area (Å²) in [6, 6.07) is 5.85. The molecule has 1 aromatic rings. The highest BCUT2D eigenvalue weighted by molar-refractivity contribution is 6.33. The van der Waals surface area contributed by atoms with Gasteiger partial charge in [0.2, 0.25) is 0 Å². The second-order valence-corrected chi connectivity index (χ2v) is 6.36. The zero-order valence-corrected chi connectivity index (χ0v) is 12.2. The molecule has 1 fully saturated rings. The summed E-state index contributed by atoms with van der Waals surface area (Å²) in [5.41, 5.74) is 4.31. The number of benzene rings is 1. The van der Waals surface area contributed by atoms with Crippen LogP contribution in [0.15, 0.2) is 18.2 Å². The molecule has 0 spiro atoms. The molecule has 2 nitrogen and oxygen atoms in total. The van der Waals surface area contributed by atoms with Crippen molar-refractivity contribution in [3.05, 3.63) is 33.8 Å². The van der Waals surface area contributed by atoms with Crippen molar-refractivity contribution in [3.8, 4) is 0 Å². The first-order valence-corrected chi connectivity index (χ1v) is 7.21. The van der Waals surface area contributed by atoms with Gasteiger partial charge in [-0.3, -0.25) is 11.3 Å². The minimum atomic E-state index is 0.246. The van der Waals surface area contributed by atoms with Gasteiger partial charge in [-0.1, -0.05) is 43.0 Å². The first-order chi connectivity index (χ1) is 8.55. The Bertz CT molecular complexity index is 414. The number of hydrazine groups is 1. The van der Waals surface area contributed by atoms with Crippen molar-refractivity contribution in [2.24, 2.45) is 11.3 Å². The third-order valence-corrected chi connectivity index (χ3v) is 4.82. The number of halogens is 2. The summed E-state index contributed by atoms with van der Waals surface area (Å²) in [5.74, 6) is 5.75. The van der Waals surface area contributed by atoms with Gasteiger partial charge in [0.15, 0.2) is 0 Å². The maximum Gasteiger partial charge on any atom is 0.0439 e. The summed E-state index contributed by atoms with van der Waals surface area (Å²) >= 11 is 12.2. The summed E-state index contributed by atoms with van der Waals surface area (Å²) in [5, 5.41) is 1.49. The van der Waals surface area contributed by atoms with E-state index in [4.69, 9.17) is 29.0 Å². The van der Waals surface area contributed by atoms with Crippen LogP contribution in [0.3, 0.4) is 0 Å². The standard InChI is InChI=1S/C14H20Cl2N2/c1-14(6-2-3-7-14)13(18-17)9-10-8-11(15)4-5-12(10)16/h4-5,8,13,18H,2-3,6-7,9,17H2,1H3. The minimum absolute atomic E-state index is 0.246. The predicted octanol–water partition coefficient (Wildman–Crippen LogP) is 3.95. The highest BCUT2D eigenvalue weighted by Gasteiger charge is 2.36. The van der Waals surface area contributed by atoms with Gasteiger partial charge in [-0.05, 0) is 48.4 Å². The Balaban J connectivity index is 2.17. The lowest BCUT2D eigenvalue weighted by Gasteiger charge is -2.34. The molecule has 3 N–H and O–H groups in total. The van der Waals surface area contributed by atoms with Gasteiger partial charge in [-0.15, -0.1) is 0 Å². The zero-order chi connectivity index (χ0) is 13.2. The molecule has 0 amide bonds. The van der Waals surface area contributed by atoms with Crippen molar-refractivity contribution in [1.29, 1.82) is 0 Å². The van der Waals surface area contributed by atoms with E-state index >= 15 is 0 Å². The molecule has 0 aliphatic heterocycles.